The van der Waals surface area contributed by atoms with E-state index in [-0.39, 0.29) is 19.1 Å². The Morgan fingerprint density at radius 2 is 1.83 bits per heavy atom. The summed E-state index contributed by atoms with van der Waals surface area (Å²) in [6.07, 6.45) is 2.28. The molecule has 1 aromatic rings. The largest absolute Gasteiger partial charge is 0.464 e. The van der Waals surface area contributed by atoms with Crippen molar-refractivity contribution in [3.05, 3.63) is 35.9 Å². The Morgan fingerprint density at radius 3 is 2.43 bits per heavy atom. The molecule has 2 atom stereocenters. The van der Waals surface area contributed by atoms with Gasteiger partial charge in [0.15, 0.2) is 0 Å². The van der Waals surface area contributed by atoms with Crippen LogP contribution in [0, 0.1) is 5.92 Å². The van der Waals surface area contributed by atoms with Crippen LogP contribution < -0.4 is 5.32 Å². The number of unbranched alkanes of at least 4 members (excludes halogenated alkanes) is 1. The van der Waals surface area contributed by atoms with Crippen LogP contribution in [0.5, 0.6) is 0 Å². The van der Waals surface area contributed by atoms with Crippen LogP contribution in [-0.2, 0) is 20.9 Å². The van der Waals surface area contributed by atoms with E-state index in [2.05, 4.69) is 12.2 Å². The summed E-state index contributed by atoms with van der Waals surface area (Å²) in [5.41, 5.74) is 0.898. The van der Waals surface area contributed by atoms with E-state index < -0.39 is 18.1 Å². The number of rotatable bonds is 9. The standard InChI is InChI=1S/C18H27NO4/c1-4-6-10-14(3)16(17(20)22-5-2)19-18(21)23-13-15-11-8-7-9-12-15/h7-9,11-12,14,16H,4-6,10,13H2,1-3H3,(H,19,21). The Balaban J connectivity index is 2.56. The fraction of sp³-hybridized carbons (Fsp3) is 0.556. The average Bonchev–Trinajstić information content (AvgIpc) is 2.56. The molecule has 1 rings (SSSR count). The smallest absolute Gasteiger partial charge is 0.408 e. The van der Waals surface area contributed by atoms with Crippen LogP contribution in [0.3, 0.4) is 0 Å². The van der Waals surface area contributed by atoms with Gasteiger partial charge in [0.25, 0.3) is 0 Å². The van der Waals surface area contributed by atoms with Gasteiger partial charge in [0, 0.05) is 0 Å². The van der Waals surface area contributed by atoms with E-state index in [9.17, 15) is 9.59 Å². The summed E-state index contributed by atoms with van der Waals surface area (Å²) < 4.78 is 10.2. The molecule has 0 bridgehead atoms. The van der Waals surface area contributed by atoms with Crippen LogP contribution in [0.2, 0.25) is 0 Å². The molecule has 0 saturated carbocycles. The molecule has 0 spiro atoms. The van der Waals surface area contributed by atoms with Crippen molar-refractivity contribution in [3.8, 4) is 0 Å². The first-order valence-corrected chi connectivity index (χ1v) is 8.22. The second-order valence-corrected chi connectivity index (χ2v) is 5.56. The highest BCUT2D eigenvalue weighted by molar-refractivity contribution is 5.81. The number of amides is 1. The van der Waals surface area contributed by atoms with E-state index in [1.54, 1.807) is 6.92 Å². The topological polar surface area (TPSA) is 64.6 Å². The highest BCUT2D eigenvalue weighted by Gasteiger charge is 2.28. The van der Waals surface area contributed by atoms with Crippen LogP contribution in [0.15, 0.2) is 30.3 Å². The van der Waals surface area contributed by atoms with Gasteiger partial charge in [0.05, 0.1) is 6.61 Å². The van der Waals surface area contributed by atoms with Crippen molar-refractivity contribution in [2.24, 2.45) is 5.92 Å². The molecule has 0 aliphatic rings. The molecule has 0 radical (unpaired) electrons. The van der Waals surface area contributed by atoms with Gasteiger partial charge in [-0.2, -0.15) is 0 Å². The summed E-state index contributed by atoms with van der Waals surface area (Å²) in [6, 6.07) is 8.73. The number of carbonyl (C=O) groups excluding carboxylic acids is 2. The summed E-state index contributed by atoms with van der Waals surface area (Å²) >= 11 is 0. The zero-order valence-corrected chi connectivity index (χ0v) is 14.2. The van der Waals surface area contributed by atoms with Gasteiger partial charge in [-0.1, -0.05) is 57.0 Å². The van der Waals surface area contributed by atoms with E-state index in [0.29, 0.717) is 0 Å². The Bertz CT molecular complexity index is 475. The third-order valence-electron chi connectivity index (χ3n) is 3.61. The van der Waals surface area contributed by atoms with Crippen LogP contribution >= 0.6 is 0 Å². The van der Waals surface area contributed by atoms with Crippen molar-refractivity contribution in [1.29, 1.82) is 0 Å². The predicted molar refractivity (Wildman–Crippen MR) is 88.9 cm³/mol. The number of carbonyl (C=O) groups is 2. The van der Waals surface area contributed by atoms with Gasteiger partial charge in [-0.25, -0.2) is 9.59 Å². The number of ether oxygens (including phenoxy) is 2. The molecule has 0 aliphatic carbocycles. The van der Waals surface area contributed by atoms with Crippen molar-refractivity contribution >= 4 is 12.1 Å². The predicted octanol–water partition coefficient (Wildman–Crippen LogP) is 3.67. The minimum Gasteiger partial charge on any atom is -0.464 e. The second kappa shape index (κ2) is 10.6. The lowest BCUT2D eigenvalue weighted by Crippen LogP contribution is -2.46. The van der Waals surface area contributed by atoms with Crippen LogP contribution in [0.25, 0.3) is 0 Å². The van der Waals surface area contributed by atoms with Crippen molar-refractivity contribution < 1.29 is 19.1 Å². The van der Waals surface area contributed by atoms with E-state index in [0.717, 1.165) is 24.8 Å². The number of nitrogens with one attached hydrogen (secondary N) is 1. The van der Waals surface area contributed by atoms with Gasteiger partial charge in [-0.3, -0.25) is 0 Å². The Hall–Kier alpha value is -2.04. The van der Waals surface area contributed by atoms with Gasteiger partial charge in [0.1, 0.15) is 12.6 Å². The lowest BCUT2D eigenvalue weighted by Gasteiger charge is -2.23. The van der Waals surface area contributed by atoms with Crippen molar-refractivity contribution in [1.82, 2.24) is 5.32 Å². The zero-order valence-electron chi connectivity index (χ0n) is 14.2. The monoisotopic (exact) mass is 321 g/mol. The Labute approximate surface area is 138 Å². The third kappa shape index (κ3) is 7.17. The summed E-state index contributed by atoms with van der Waals surface area (Å²) in [6.45, 7) is 6.24. The maximum atomic E-state index is 12.1. The molecule has 0 heterocycles. The molecule has 1 amide bonds. The lowest BCUT2D eigenvalue weighted by molar-refractivity contribution is -0.147. The maximum Gasteiger partial charge on any atom is 0.408 e. The van der Waals surface area contributed by atoms with Crippen molar-refractivity contribution in [3.63, 3.8) is 0 Å². The summed E-state index contributed by atoms with van der Waals surface area (Å²) in [5.74, 6) is -0.411. The van der Waals surface area contributed by atoms with Crippen molar-refractivity contribution in [2.45, 2.75) is 52.7 Å². The highest BCUT2D eigenvalue weighted by atomic mass is 16.6. The number of alkyl carbamates (subject to hydrolysis) is 1. The molecule has 0 fully saturated rings. The van der Waals surface area contributed by atoms with Gasteiger partial charge in [0.2, 0.25) is 0 Å². The fourth-order valence-electron chi connectivity index (χ4n) is 2.25. The van der Waals surface area contributed by atoms with Gasteiger partial charge < -0.3 is 14.8 Å². The number of benzene rings is 1. The van der Waals surface area contributed by atoms with Crippen molar-refractivity contribution in [2.75, 3.05) is 6.61 Å². The highest BCUT2D eigenvalue weighted by Crippen LogP contribution is 2.14. The first kappa shape index (κ1) is 19.0. The molecule has 128 valence electrons. The van der Waals surface area contributed by atoms with Gasteiger partial charge >= 0.3 is 12.1 Å². The van der Waals surface area contributed by atoms with E-state index in [4.69, 9.17) is 9.47 Å². The molecule has 23 heavy (non-hydrogen) atoms. The molecule has 1 aromatic carbocycles. The van der Waals surface area contributed by atoms with Crippen LogP contribution in [0.1, 0.15) is 45.6 Å². The number of hydrogen-bond donors (Lipinski definition) is 1. The first-order chi connectivity index (χ1) is 11.1. The Kier molecular flexibility index (Phi) is 8.80. The zero-order chi connectivity index (χ0) is 17.1. The van der Waals surface area contributed by atoms with E-state index >= 15 is 0 Å². The molecular weight excluding hydrogens is 294 g/mol. The lowest BCUT2D eigenvalue weighted by atomic mass is 9.96. The van der Waals surface area contributed by atoms with Crippen LogP contribution in [-0.4, -0.2) is 24.7 Å². The SMILES string of the molecule is CCCCC(C)C(NC(=O)OCc1ccccc1)C(=O)OCC. The van der Waals surface area contributed by atoms with E-state index in [1.807, 2.05) is 37.3 Å². The van der Waals surface area contributed by atoms with Gasteiger partial charge in [-0.05, 0) is 24.8 Å². The van der Waals surface area contributed by atoms with Gasteiger partial charge in [-0.15, -0.1) is 0 Å². The average molecular weight is 321 g/mol. The number of esters is 1. The number of hydrogen-bond acceptors (Lipinski definition) is 4. The summed E-state index contributed by atoms with van der Waals surface area (Å²) in [7, 11) is 0. The molecule has 5 heteroatoms. The Morgan fingerprint density at radius 1 is 1.13 bits per heavy atom. The molecule has 0 saturated heterocycles. The minimum atomic E-state index is -0.676. The second-order valence-electron chi connectivity index (χ2n) is 5.56. The third-order valence-corrected chi connectivity index (χ3v) is 3.61. The molecule has 0 aromatic heterocycles. The summed E-state index contributed by atoms with van der Waals surface area (Å²) in [5, 5.41) is 2.64. The molecular formula is C18H27NO4. The molecule has 5 nitrogen and oxygen atoms in total. The normalized spacial score (nSPS) is 13.0. The maximum absolute atomic E-state index is 12.1. The van der Waals surface area contributed by atoms with Crippen LogP contribution in [0.4, 0.5) is 4.79 Å². The molecule has 2 unspecified atom stereocenters. The summed E-state index contributed by atoms with van der Waals surface area (Å²) in [4.78, 5) is 24.0. The fourth-order valence-corrected chi connectivity index (χ4v) is 2.25. The molecule has 1 N–H and O–H groups in total. The minimum absolute atomic E-state index is 0.00160. The molecule has 0 aliphatic heterocycles. The first-order valence-electron chi connectivity index (χ1n) is 8.22. The van der Waals surface area contributed by atoms with E-state index in [1.165, 1.54) is 0 Å². The quantitative estimate of drug-likeness (QED) is 0.705.